The van der Waals surface area contributed by atoms with Gasteiger partial charge in [-0.1, -0.05) is 12.1 Å². The number of aromatic amines is 1. The van der Waals surface area contributed by atoms with E-state index in [1.165, 1.54) is 4.68 Å². The zero-order chi connectivity index (χ0) is 18.8. The number of hydrogen-bond donors (Lipinski definition) is 4. The lowest BCUT2D eigenvalue weighted by atomic mass is 10.0. The lowest BCUT2D eigenvalue weighted by Crippen LogP contribution is -2.16. The number of nitrogens with zero attached hydrogens (tertiary/aromatic N) is 2. The Labute approximate surface area is 148 Å². The number of rotatable bonds is 7. The maximum atomic E-state index is 12.0. The Balaban J connectivity index is 2.24. The van der Waals surface area contributed by atoms with Gasteiger partial charge in [-0.25, -0.2) is 4.68 Å². The molecule has 0 saturated heterocycles. The maximum Gasteiger partial charge on any atom is 0.254 e. The van der Waals surface area contributed by atoms with Crippen LogP contribution in [-0.4, -0.2) is 33.4 Å². The van der Waals surface area contributed by atoms with Crippen LogP contribution in [0.2, 0.25) is 0 Å². The van der Waals surface area contributed by atoms with Crippen LogP contribution in [-0.2, 0) is 16.1 Å². The van der Waals surface area contributed by atoms with Gasteiger partial charge in [0.2, 0.25) is 6.41 Å². The minimum atomic E-state index is -0.725. The van der Waals surface area contributed by atoms with Crippen molar-refractivity contribution in [2.45, 2.75) is 19.5 Å². The van der Waals surface area contributed by atoms with E-state index in [-0.39, 0.29) is 11.4 Å². The highest BCUT2D eigenvalue weighted by Crippen LogP contribution is 2.34. The topological polar surface area (TPSA) is 149 Å². The second-order valence-corrected chi connectivity index (χ2v) is 5.83. The monoisotopic (exact) mass is 354 g/mol. The van der Waals surface area contributed by atoms with Gasteiger partial charge in [-0.15, -0.1) is 0 Å². The van der Waals surface area contributed by atoms with Crippen LogP contribution >= 0.6 is 0 Å². The molecule has 9 heteroatoms. The number of nitrogens with two attached hydrogens (primary N) is 2. The largest absolute Gasteiger partial charge is 0.383 e. The number of benzene rings is 1. The van der Waals surface area contributed by atoms with Gasteiger partial charge in [0.15, 0.2) is 0 Å². The summed E-state index contributed by atoms with van der Waals surface area (Å²) in [5.74, 6) is -0.681. The van der Waals surface area contributed by atoms with Gasteiger partial charge in [0.05, 0.1) is 5.52 Å². The van der Waals surface area contributed by atoms with Gasteiger partial charge >= 0.3 is 0 Å². The van der Waals surface area contributed by atoms with Crippen molar-refractivity contribution in [3.05, 3.63) is 35.5 Å². The molecule has 0 aliphatic heterocycles. The summed E-state index contributed by atoms with van der Waals surface area (Å²) in [6.45, 7) is 1.97. The molecule has 9 nitrogen and oxygen atoms in total. The van der Waals surface area contributed by atoms with E-state index in [2.05, 4.69) is 15.4 Å². The summed E-state index contributed by atoms with van der Waals surface area (Å²) >= 11 is 0. The summed E-state index contributed by atoms with van der Waals surface area (Å²) in [5.41, 5.74) is 14.2. The minimum Gasteiger partial charge on any atom is -0.383 e. The van der Waals surface area contributed by atoms with Crippen LogP contribution in [0.25, 0.3) is 22.2 Å². The Morgan fingerprint density at radius 3 is 2.81 bits per heavy atom. The molecule has 1 aromatic carbocycles. The van der Waals surface area contributed by atoms with Crippen molar-refractivity contribution in [2.75, 3.05) is 5.73 Å². The van der Waals surface area contributed by atoms with E-state index < -0.39 is 11.9 Å². The molecule has 0 aliphatic carbocycles. The quantitative estimate of drug-likeness (QED) is 0.461. The second-order valence-electron chi connectivity index (χ2n) is 5.83. The molecule has 3 rings (SSSR count). The second kappa shape index (κ2) is 6.71. The molecule has 26 heavy (non-hydrogen) atoms. The summed E-state index contributed by atoms with van der Waals surface area (Å²) in [7, 11) is 0. The number of primary amides is 1. The first-order valence-electron chi connectivity index (χ1n) is 7.89. The first-order valence-corrected chi connectivity index (χ1v) is 7.89. The molecule has 2 aromatic heterocycles. The van der Waals surface area contributed by atoms with Crippen molar-refractivity contribution >= 4 is 35.3 Å². The van der Waals surface area contributed by atoms with Crippen LogP contribution < -0.4 is 16.8 Å². The molecular weight excluding hydrogens is 336 g/mol. The van der Waals surface area contributed by atoms with E-state index >= 15 is 0 Å². The normalized spacial score (nSPS) is 12.0. The van der Waals surface area contributed by atoms with Crippen molar-refractivity contribution in [1.82, 2.24) is 20.1 Å². The third-order valence-electron chi connectivity index (χ3n) is 4.22. The fourth-order valence-corrected chi connectivity index (χ4v) is 2.97. The molecule has 0 aliphatic rings. The average Bonchev–Trinajstić information content (AvgIpc) is 3.24. The Morgan fingerprint density at radius 2 is 2.15 bits per heavy atom. The van der Waals surface area contributed by atoms with Gasteiger partial charge in [0, 0.05) is 23.7 Å². The number of nitrogens with one attached hydrogen (secondary N) is 2. The number of fused-ring (bicyclic) bond motifs is 1. The highest BCUT2D eigenvalue weighted by atomic mass is 16.1. The fourth-order valence-electron chi connectivity index (χ4n) is 2.97. The summed E-state index contributed by atoms with van der Waals surface area (Å²) in [4.78, 5) is 36.8. The van der Waals surface area contributed by atoms with Crippen LogP contribution in [0.5, 0.6) is 0 Å². The van der Waals surface area contributed by atoms with E-state index in [4.69, 9.17) is 11.5 Å². The number of aromatic nitrogens is 3. The minimum absolute atomic E-state index is 0.0440. The zero-order valence-electron chi connectivity index (χ0n) is 14.0. The number of anilines is 1. The Hall–Kier alpha value is -3.62. The van der Waals surface area contributed by atoms with Gasteiger partial charge in [-0.05, 0) is 18.6 Å². The van der Waals surface area contributed by atoms with Crippen LogP contribution in [0.1, 0.15) is 28.9 Å². The molecule has 0 radical (unpaired) electrons. The SMILES string of the molecule is CC(C=O)n1nc(-c2ccc(CNC=O)c3[nH]ccc23)c(C(N)=O)c1N. The van der Waals surface area contributed by atoms with Gasteiger partial charge < -0.3 is 26.6 Å². The number of H-pyrrole nitrogens is 1. The highest BCUT2D eigenvalue weighted by molar-refractivity contribution is 6.07. The predicted octanol–water partition coefficient (Wildman–Crippen LogP) is 0.718. The van der Waals surface area contributed by atoms with Crippen LogP contribution in [0, 0.1) is 0 Å². The molecule has 2 amide bonds. The molecule has 0 spiro atoms. The van der Waals surface area contributed by atoms with Crippen LogP contribution in [0.3, 0.4) is 0 Å². The third-order valence-corrected chi connectivity index (χ3v) is 4.22. The summed E-state index contributed by atoms with van der Waals surface area (Å²) < 4.78 is 1.28. The zero-order valence-corrected chi connectivity index (χ0v) is 14.0. The molecule has 0 fully saturated rings. The van der Waals surface area contributed by atoms with Crippen molar-refractivity contribution in [3.63, 3.8) is 0 Å². The summed E-state index contributed by atoms with van der Waals surface area (Å²) in [5, 5.41) is 7.78. The van der Waals surface area contributed by atoms with Crippen molar-refractivity contribution in [2.24, 2.45) is 5.73 Å². The molecule has 6 N–H and O–H groups in total. The van der Waals surface area contributed by atoms with E-state index in [1.807, 2.05) is 12.1 Å². The molecular formula is C17H18N6O3. The number of carbonyl (C=O) groups excluding carboxylic acids is 3. The molecule has 3 aromatic rings. The highest BCUT2D eigenvalue weighted by Gasteiger charge is 2.25. The lowest BCUT2D eigenvalue weighted by Gasteiger charge is -2.07. The number of hydrogen-bond acceptors (Lipinski definition) is 5. The standard InChI is InChI=1S/C17H18N6O3/c1-9(7-24)23-16(18)13(17(19)26)15(22-23)11-3-2-10(6-20-8-25)14-12(11)4-5-21-14/h2-5,7-9,21H,6,18H2,1H3,(H2,19,26)(H,20,25). The van der Waals surface area contributed by atoms with Gasteiger partial charge in [-0.2, -0.15) is 5.10 Å². The van der Waals surface area contributed by atoms with Crippen molar-refractivity contribution in [3.8, 4) is 11.3 Å². The van der Waals surface area contributed by atoms with Gasteiger partial charge in [0.25, 0.3) is 5.91 Å². The number of amides is 2. The van der Waals surface area contributed by atoms with E-state index in [0.29, 0.717) is 30.5 Å². The first kappa shape index (κ1) is 17.2. The van der Waals surface area contributed by atoms with Crippen molar-refractivity contribution in [1.29, 1.82) is 0 Å². The molecule has 1 atom stereocenters. The predicted molar refractivity (Wildman–Crippen MR) is 96.1 cm³/mol. The first-order chi connectivity index (χ1) is 12.5. The van der Waals surface area contributed by atoms with E-state index in [1.54, 1.807) is 19.2 Å². The molecule has 0 saturated carbocycles. The fraction of sp³-hybridized carbons (Fsp3) is 0.176. The van der Waals surface area contributed by atoms with Gasteiger partial charge in [0.1, 0.15) is 29.4 Å². The molecule has 1 unspecified atom stereocenters. The van der Waals surface area contributed by atoms with Crippen molar-refractivity contribution < 1.29 is 14.4 Å². The van der Waals surface area contributed by atoms with Crippen LogP contribution in [0.4, 0.5) is 5.82 Å². The van der Waals surface area contributed by atoms with E-state index in [0.717, 1.165) is 16.5 Å². The Morgan fingerprint density at radius 1 is 1.38 bits per heavy atom. The van der Waals surface area contributed by atoms with Crippen LogP contribution in [0.15, 0.2) is 24.4 Å². The number of aldehydes is 1. The van der Waals surface area contributed by atoms with Gasteiger partial charge in [-0.3, -0.25) is 9.59 Å². The lowest BCUT2D eigenvalue weighted by molar-refractivity contribution is -0.110. The molecule has 2 heterocycles. The maximum absolute atomic E-state index is 12.0. The third kappa shape index (κ3) is 2.69. The summed E-state index contributed by atoms with van der Waals surface area (Å²) in [6.07, 6.45) is 3.05. The number of nitrogen functional groups attached to an aromatic ring is 1. The Bertz CT molecular complexity index is 1000. The van der Waals surface area contributed by atoms with E-state index in [9.17, 15) is 14.4 Å². The average molecular weight is 354 g/mol. The Kier molecular flexibility index (Phi) is 4.44. The summed E-state index contributed by atoms with van der Waals surface area (Å²) in [6, 6.07) is 4.79. The molecule has 134 valence electrons. The number of carbonyl (C=O) groups is 3. The smallest absolute Gasteiger partial charge is 0.254 e. The molecule has 0 bridgehead atoms.